The van der Waals surface area contributed by atoms with Crippen molar-refractivity contribution in [3.05, 3.63) is 0 Å². The summed E-state index contributed by atoms with van der Waals surface area (Å²) in [5.41, 5.74) is 0. The lowest BCUT2D eigenvalue weighted by molar-refractivity contribution is -0.439. The highest BCUT2D eigenvalue weighted by Crippen LogP contribution is 2.28. The van der Waals surface area contributed by atoms with E-state index in [2.05, 4.69) is 9.47 Å². The second kappa shape index (κ2) is 4.60. The van der Waals surface area contributed by atoms with Crippen LogP contribution in [-0.4, -0.2) is 31.7 Å². The fourth-order valence-corrected chi connectivity index (χ4v) is 0.445. The van der Waals surface area contributed by atoms with Crippen molar-refractivity contribution in [2.24, 2.45) is 0 Å². The number of hydrogen-bond donors (Lipinski definition) is 0. The van der Waals surface area contributed by atoms with Crippen LogP contribution in [0.3, 0.4) is 0 Å². The molecule has 0 saturated carbocycles. The number of ether oxygens (including phenoxy) is 2. The third-order valence-electron chi connectivity index (χ3n) is 0.847. The molecule has 0 fully saturated rings. The van der Waals surface area contributed by atoms with Gasteiger partial charge in [0, 0.05) is 0 Å². The van der Waals surface area contributed by atoms with Gasteiger partial charge in [-0.15, -0.1) is 13.2 Å². The fraction of sp³-hybridized carbons (Fsp3) is 0.800. The van der Waals surface area contributed by atoms with Crippen LogP contribution in [0.4, 0.5) is 26.3 Å². The van der Waals surface area contributed by atoms with Gasteiger partial charge in [-0.25, -0.2) is 9.13 Å². The highest BCUT2D eigenvalue weighted by atomic mass is 19.4. The number of alkyl halides is 5. The van der Waals surface area contributed by atoms with Gasteiger partial charge in [-0.3, -0.25) is 4.79 Å². The van der Waals surface area contributed by atoms with Crippen molar-refractivity contribution in [2.45, 2.75) is 12.4 Å². The van der Waals surface area contributed by atoms with Crippen LogP contribution in [0.5, 0.6) is 0 Å². The SMILES string of the molecule is O=C(F)C(F)(OCCF)OC(F)(F)F. The molecule has 0 saturated heterocycles. The van der Waals surface area contributed by atoms with Crippen molar-refractivity contribution in [2.75, 3.05) is 13.3 Å². The third-order valence-corrected chi connectivity index (χ3v) is 0.847. The zero-order valence-electron chi connectivity index (χ0n) is 6.41. The van der Waals surface area contributed by atoms with Gasteiger partial charge in [-0.05, 0) is 0 Å². The van der Waals surface area contributed by atoms with Crippen LogP contribution >= 0.6 is 0 Å². The molecule has 0 amide bonds. The zero-order chi connectivity index (χ0) is 11.4. The first kappa shape index (κ1) is 13.2. The van der Waals surface area contributed by atoms with E-state index in [0.29, 0.717) is 0 Å². The van der Waals surface area contributed by atoms with Gasteiger partial charge < -0.3 is 4.74 Å². The Kier molecular flexibility index (Phi) is 4.33. The molecule has 0 N–H and O–H groups in total. The fourth-order valence-electron chi connectivity index (χ4n) is 0.445. The van der Waals surface area contributed by atoms with Gasteiger partial charge >= 0.3 is 18.4 Å². The Labute approximate surface area is 73.6 Å². The largest absolute Gasteiger partial charge is 0.527 e. The van der Waals surface area contributed by atoms with Crippen LogP contribution in [-0.2, 0) is 14.3 Å². The summed E-state index contributed by atoms with van der Waals surface area (Å²) < 4.78 is 75.5. The van der Waals surface area contributed by atoms with Gasteiger partial charge in [0.15, 0.2) is 0 Å². The van der Waals surface area contributed by atoms with E-state index in [1.54, 1.807) is 0 Å². The van der Waals surface area contributed by atoms with Crippen LogP contribution in [0.1, 0.15) is 0 Å². The van der Waals surface area contributed by atoms with Gasteiger partial charge in [0.2, 0.25) is 0 Å². The highest BCUT2D eigenvalue weighted by Gasteiger charge is 2.52. The van der Waals surface area contributed by atoms with Gasteiger partial charge in [-0.2, -0.15) is 8.78 Å². The first-order chi connectivity index (χ1) is 6.21. The third kappa shape index (κ3) is 4.42. The van der Waals surface area contributed by atoms with Crippen LogP contribution in [0.15, 0.2) is 0 Å². The number of hydrogen-bond acceptors (Lipinski definition) is 3. The minimum Gasteiger partial charge on any atom is -0.313 e. The van der Waals surface area contributed by atoms with Crippen molar-refractivity contribution in [3.8, 4) is 0 Å². The molecular formula is C5H4F6O3. The summed E-state index contributed by atoms with van der Waals surface area (Å²) in [5, 5.41) is 0. The van der Waals surface area contributed by atoms with E-state index in [0.717, 1.165) is 0 Å². The quantitative estimate of drug-likeness (QED) is 0.406. The molecule has 0 aliphatic heterocycles. The van der Waals surface area contributed by atoms with E-state index in [9.17, 15) is 31.1 Å². The predicted octanol–water partition coefficient (Wildman–Crippen LogP) is 1.63. The van der Waals surface area contributed by atoms with Gasteiger partial charge in [-0.1, -0.05) is 0 Å². The molecule has 0 aromatic carbocycles. The van der Waals surface area contributed by atoms with Gasteiger partial charge in [0.25, 0.3) is 0 Å². The number of carbonyl (C=O) groups excluding carboxylic acids is 1. The minimum atomic E-state index is -5.62. The molecule has 84 valence electrons. The molecule has 0 aliphatic carbocycles. The van der Waals surface area contributed by atoms with Crippen LogP contribution in [0, 0.1) is 0 Å². The maximum atomic E-state index is 12.5. The van der Waals surface area contributed by atoms with E-state index in [1.165, 1.54) is 0 Å². The second-order valence-electron chi connectivity index (χ2n) is 1.90. The summed E-state index contributed by atoms with van der Waals surface area (Å²) in [6, 6.07) is -7.78. The number of halogens is 6. The van der Waals surface area contributed by atoms with E-state index in [4.69, 9.17) is 0 Å². The molecule has 1 atom stereocenters. The van der Waals surface area contributed by atoms with Crippen LogP contribution in [0.2, 0.25) is 0 Å². The first-order valence-electron chi connectivity index (χ1n) is 3.07. The lowest BCUT2D eigenvalue weighted by atomic mass is 10.6. The maximum absolute atomic E-state index is 12.5. The lowest BCUT2D eigenvalue weighted by Gasteiger charge is -2.20. The molecule has 14 heavy (non-hydrogen) atoms. The summed E-state index contributed by atoms with van der Waals surface area (Å²) in [5.74, 6) is 0. The van der Waals surface area contributed by atoms with Crippen molar-refractivity contribution < 1.29 is 40.6 Å². The molecule has 3 nitrogen and oxygen atoms in total. The highest BCUT2D eigenvalue weighted by molar-refractivity contribution is 5.74. The number of rotatable bonds is 5. The first-order valence-corrected chi connectivity index (χ1v) is 3.07. The lowest BCUT2D eigenvalue weighted by Crippen LogP contribution is -2.42. The summed E-state index contributed by atoms with van der Waals surface area (Å²) in [6.45, 7) is -2.65. The Morgan fingerprint density at radius 3 is 2.00 bits per heavy atom. The Balaban J connectivity index is 4.48. The second-order valence-corrected chi connectivity index (χ2v) is 1.90. The van der Waals surface area contributed by atoms with Crippen molar-refractivity contribution in [1.82, 2.24) is 0 Å². The zero-order valence-corrected chi connectivity index (χ0v) is 6.41. The molecule has 0 aromatic heterocycles. The van der Waals surface area contributed by atoms with Crippen molar-refractivity contribution in [3.63, 3.8) is 0 Å². The van der Waals surface area contributed by atoms with Crippen molar-refractivity contribution >= 4 is 6.04 Å². The Morgan fingerprint density at radius 2 is 1.71 bits per heavy atom. The molecule has 0 aliphatic rings. The molecule has 0 aromatic rings. The summed E-state index contributed by atoms with van der Waals surface area (Å²) in [4.78, 5) is 9.74. The Hall–Kier alpha value is -0.830. The van der Waals surface area contributed by atoms with Crippen molar-refractivity contribution in [1.29, 1.82) is 0 Å². The smallest absolute Gasteiger partial charge is 0.313 e. The molecule has 0 spiro atoms. The number of carbonyl (C=O) groups is 1. The van der Waals surface area contributed by atoms with E-state index in [1.807, 2.05) is 0 Å². The monoisotopic (exact) mass is 226 g/mol. The standard InChI is InChI=1S/C5H4F6O3/c6-1-2-13-4(8,3(7)12)14-5(9,10)11/h1-2H2. The topological polar surface area (TPSA) is 35.5 Å². The average Bonchev–Trinajstić information content (AvgIpc) is 1.97. The molecule has 1 unspecified atom stereocenters. The van der Waals surface area contributed by atoms with Crippen LogP contribution < -0.4 is 0 Å². The maximum Gasteiger partial charge on any atom is 0.527 e. The van der Waals surface area contributed by atoms with Crippen LogP contribution in [0.25, 0.3) is 0 Å². The molecule has 9 heteroatoms. The Morgan fingerprint density at radius 1 is 1.21 bits per heavy atom. The summed E-state index contributed by atoms with van der Waals surface area (Å²) in [6.07, 6.45) is -5.62. The van der Waals surface area contributed by atoms with Gasteiger partial charge in [0.1, 0.15) is 6.67 Å². The molecule has 0 bridgehead atoms. The molecule has 0 heterocycles. The van der Waals surface area contributed by atoms with E-state index < -0.39 is 31.7 Å². The molecule has 0 rings (SSSR count). The minimum absolute atomic E-state index is 1.25. The molecular weight excluding hydrogens is 222 g/mol. The predicted molar refractivity (Wildman–Crippen MR) is 29.0 cm³/mol. The summed E-state index contributed by atoms with van der Waals surface area (Å²) >= 11 is 0. The van der Waals surface area contributed by atoms with E-state index in [-0.39, 0.29) is 0 Å². The Bertz CT molecular complexity index is 204. The normalized spacial score (nSPS) is 16.4. The van der Waals surface area contributed by atoms with Gasteiger partial charge in [0.05, 0.1) is 6.61 Å². The van der Waals surface area contributed by atoms with E-state index >= 15 is 0 Å². The average molecular weight is 226 g/mol. The molecule has 0 radical (unpaired) electrons. The summed E-state index contributed by atoms with van der Waals surface area (Å²) in [7, 11) is 0.